The van der Waals surface area contributed by atoms with Crippen molar-refractivity contribution in [2.75, 3.05) is 0 Å². The van der Waals surface area contributed by atoms with Crippen molar-refractivity contribution in [2.24, 2.45) is 0 Å². The first-order chi connectivity index (χ1) is 28.3. The van der Waals surface area contributed by atoms with Crippen LogP contribution in [0.5, 0.6) is 0 Å². The van der Waals surface area contributed by atoms with E-state index < -0.39 is 8.07 Å². The van der Waals surface area contributed by atoms with Gasteiger partial charge in [0, 0.05) is 57.7 Å². The van der Waals surface area contributed by atoms with E-state index in [4.69, 9.17) is 9.97 Å². The summed E-state index contributed by atoms with van der Waals surface area (Å²) in [5.41, 5.74) is 9.39. The molecule has 5 heteroatoms. The highest BCUT2D eigenvalue weighted by molar-refractivity contribution is 7.20. The molecular weight excluding hydrogens is 709 g/mol. The van der Waals surface area contributed by atoms with Crippen molar-refractivity contribution in [3.63, 3.8) is 0 Å². The lowest BCUT2D eigenvalue weighted by Crippen LogP contribution is -2.75. The lowest BCUT2D eigenvalue weighted by Gasteiger charge is -2.34. The van der Waals surface area contributed by atoms with E-state index in [9.17, 15) is 0 Å². The fourth-order valence-corrected chi connectivity index (χ4v) is 13.8. The van der Waals surface area contributed by atoms with Gasteiger partial charge in [0.25, 0.3) is 0 Å². The van der Waals surface area contributed by atoms with Crippen LogP contribution < -0.4 is 20.7 Å². The van der Waals surface area contributed by atoms with Crippen LogP contribution in [0.25, 0.3) is 66.1 Å². The second-order valence-corrected chi connectivity index (χ2v) is 18.5. The summed E-state index contributed by atoms with van der Waals surface area (Å²) in [5.74, 6) is 0. The molecule has 0 amide bonds. The smallest absolute Gasteiger partial charge is 0.182 e. The van der Waals surface area contributed by atoms with Crippen LogP contribution in [0.2, 0.25) is 0 Å². The average molecular weight is 745 g/mol. The Labute approximate surface area is 331 Å². The Morgan fingerprint density at radius 2 is 0.789 bits per heavy atom. The molecule has 0 spiro atoms. The highest BCUT2D eigenvalue weighted by atomic mass is 28.3. The number of hydrogen-bond acceptors (Lipinski definition) is 2. The molecule has 4 heterocycles. The van der Waals surface area contributed by atoms with Crippen LogP contribution in [0.3, 0.4) is 0 Å². The van der Waals surface area contributed by atoms with E-state index in [1.165, 1.54) is 75.5 Å². The second-order valence-electron chi connectivity index (χ2n) is 14.7. The summed E-state index contributed by atoms with van der Waals surface area (Å²) in [6.07, 6.45) is 7.91. The molecule has 0 radical (unpaired) electrons. The fraction of sp³-hybridized carbons (Fsp3) is 0. The third-order valence-electron chi connectivity index (χ3n) is 11.6. The Morgan fingerprint density at radius 1 is 0.316 bits per heavy atom. The van der Waals surface area contributed by atoms with Gasteiger partial charge in [-0.1, -0.05) is 133 Å². The zero-order valence-corrected chi connectivity index (χ0v) is 32.1. The van der Waals surface area contributed by atoms with Gasteiger partial charge < -0.3 is 9.13 Å². The summed E-state index contributed by atoms with van der Waals surface area (Å²) < 4.78 is 4.83. The van der Waals surface area contributed by atoms with Crippen LogP contribution in [0.1, 0.15) is 0 Å². The Kier molecular flexibility index (Phi) is 7.79. The SMILES string of the molecule is c1ccc(-c2cccc(-n3c4ccccc4c4cc([Si](c5cccnc5)(c5cccnc5)c5cccc(-n6c7ccccc7c7ccccc76)c5)ccc43)c2)cc1. The minimum atomic E-state index is -3.05. The minimum Gasteiger partial charge on any atom is -0.309 e. The van der Waals surface area contributed by atoms with Crippen molar-refractivity contribution in [1.82, 2.24) is 19.1 Å². The second kappa shape index (κ2) is 13.4. The highest BCUT2D eigenvalue weighted by Crippen LogP contribution is 2.34. The lowest BCUT2D eigenvalue weighted by atomic mass is 10.1. The van der Waals surface area contributed by atoms with Gasteiger partial charge in [-0.3, -0.25) is 9.97 Å². The van der Waals surface area contributed by atoms with Gasteiger partial charge >= 0.3 is 0 Å². The summed E-state index contributed by atoms with van der Waals surface area (Å²) in [4.78, 5) is 9.55. The molecule has 0 saturated heterocycles. The number of fused-ring (bicyclic) bond motifs is 6. The maximum atomic E-state index is 4.78. The Morgan fingerprint density at radius 3 is 1.39 bits per heavy atom. The molecule has 0 atom stereocenters. The van der Waals surface area contributed by atoms with Gasteiger partial charge in [-0.05, 0) is 92.5 Å². The van der Waals surface area contributed by atoms with Gasteiger partial charge in [-0.15, -0.1) is 0 Å². The van der Waals surface area contributed by atoms with E-state index in [1.54, 1.807) is 0 Å². The number of nitrogens with zero attached hydrogens (tertiary/aromatic N) is 4. The highest BCUT2D eigenvalue weighted by Gasteiger charge is 2.42. The van der Waals surface area contributed by atoms with Crippen LogP contribution in [0, 0.1) is 0 Å². The van der Waals surface area contributed by atoms with E-state index in [2.05, 4.69) is 216 Å². The fourth-order valence-electron chi connectivity index (χ4n) is 9.19. The van der Waals surface area contributed by atoms with Crippen molar-refractivity contribution in [2.45, 2.75) is 0 Å². The quantitative estimate of drug-likeness (QED) is 0.153. The van der Waals surface area contributed by atoms with Gasteiger partial charge in [-0.2, -0.15) is 0 Å². The Bertz CT molecular complexity index is 3150. The van der Waals surface area contributed by atoms with Crippen molar-refractivity contribution >= 4 is 72.4 Å². The number of para-hydroxylation sites is 3. The first-order valence-corrected chi connectivity index (χ1v) is 21.4. The summed E-state index contributed by atoms with van der Waals surface area (Å²) in [6, 6.07) is 70.8. The largest absolute Gasteiger partial charge is 0.309 e. The van der Waals surface area contributed by atoms with Crippen LogP contribution in [0.4, 0.5) is 0 Å². The monoisotopic (exact) mass is 744 g/mol. The zero-order valence-electron chi connectivity index (χ0n) is 31.1. The molecule has 0 aliphatic carbocycles. The first kappa shape index (κ1) is 33.0. The maximum absolute atomic E-state index is 4.78. The minimum absolute atomic E-state index is 1.13. The third kappa shape index (κ3) is 5.20. The Balaban J connectivity index is 1.19. The summed E-state index contributed by atoms with van der Waals surface area (Å²) in [6.45, 7) is 0. The summed E-state index contributed by atoms with van der Waals surface area (Å²) >= 11 is 0. The topological polar surface area (TPSA) is 35.6 Å². The van der Waals surface area contributed by atoms with Gasteiger partial charge in [0.15, 0.2) is 8.07 Å². The first-order valence-electron chi connectivity index (χ1n) is 19.4. The molecule has 0 unspecified atom stereocenters. The lowest BCUT2D eigenvalue weighted by molar-refractivity contribution is 1.18. The standard InChI is InChI=1S/C52H36N4Si/c1-2-14-37(15-3-1)38-16-10-17-39(32-38)55-51-27-9-6-24-47(51)48-34-42(28-29-52(48)55)57(43-20-12-30-53-35-43,44-21-13-31-54-36-44)41-19-11-18-40(33-41)56-49-25-7-4-22-45(49)46-23-5-8-26-50(46)56/h1-36H. The number of hydrogen-bond donors (Lipinski definition) is 0. The molecule has 0 bridgehead atoms. The normalized spacial score (nSPS) is 11.9. The van der Waals surface area contributed by atoms with E-state index in [1.807, 2.05) is 12.4 Å². The van der Waals surface area contributed by atoms with Gasteiger partial charge in [-0.25, -0.2) is 0 Å². The van der Waals surface area contributed by atoms with Crippen molar-refractivity contribution in [1.29, 1.82) is 0 Å². The van der Waals surface area contributed by atoms with E-state index >= 15 is 0 Å². The molecule has 11 rings (SSSR count). The number of rotatable bonds is 7. The average Bonchev–Trinajstić information content (AvgIpc) is 3.81. The van der Waals surface area contributed by atoms with Crippen molar-refractivity contribution in [3.8, 4) is 22.5 Å². The molecular formula is C52H36N4Si. The molecule has 11 aromatic rings. The molecule has 0 aliphatic heterocycles. The third-order valence-corrected chi connectivity index (χ3v) is 16.3. The Hall–Kier alpha value is -7.34. The van der Waals surface area contributed by atoms with E-state index in [-0.39, 0.29) is 0 Å². The van der Waals surface area contributed by atoms with Gasteiger partial charge in [0.1, 0.15) is 0 Å². The summed E-state index contributed by atoms with van der Waals surface area (Å²) in [7, 11) is -3.05. The van der Waals surface area contributed by atoms with Crippen LogP contribution in [-0.2, 0) is 0 Å². The molecule has 268 valence electrons. The van der Waals surface area contributed by atoms with E-state index in [0.717, 1.165) is 11.4 Å². The molecule has 0 aliphatic rings. The molecule has 0 saturated carbocycles. The number of aromatic nitrogens is 4. The van der Waals surface area contributed by atoms with Crippen molar-refractivity contribution in [3.05, 3.63) is 219 Å². The predicted octanol–water partition coefficient (Wildman–Crippen LogP) is 9.72. The molecule has 57 heavy (non-hydrogen) atoms. The van der Waals surface area contributed by atoms with Crippen LogP contribution in [-0.4, -0.2) is 27.2 Å². The zero-order chi connectivity index (χ0) is 37.8. The number of pyridine rings is 2. The number of benzene rings is 7. The van der Waals surface area contributed by atoms with Gasteiger partial charge in [0.2, 0.25) is 0 Å². The molecule has 0 fully saturated rings. The maximum Gasteiger partial charge on any atom is 0.182 e. The van der Waals surface area contributed by atoms with Crippen LogP contribution >= 0.6 is 0 Å². The van der Waals surface area contributed by atoms with Gasteiger partial charge in [0.05, 0.1) is 22.1 Å². The molecule has 0 N–H and O–H groups in total. The molecule has 7 aromatic carbocycles. The van der Waals surface area contributed by atoms with Crippen molar-refractivity contribution < 1.29 is 0 Å². The predicted molar refractivity (Wildman–Crippen MR) is 240 cm³/mol. The summed E-state index contributed by atoms with van der Waals surface area (Å²) in [5, 5.41) is 9.88. The molecule has 4 aromatic heterocycles. The van der Waals surface area contributed by atoms with E-state index in [0.29, 0.717) is 0 Å². The van der Waals surface area contributed by atoms with Crippen LogP contribution in [0.15, 0.2) is 219 Å². The molecule has 4 nitrogen and oxygen atoms in total.